The predicted octanol–water partition coefficient (Wildman–Crippen LogP) is 4.32. The topological polar surface area (TPSA) is 27.7 Å². The molecule has 0 radical (unpaired) electrons. The molecule has 0 amide bonds. The Morgan fingerprint density at radius 2 is 2.11 bits per heavy atom. The Morgan fingerprint density at radius 1 is 1.37 bits per heavy atom. The van der Waals surface area contributed by atoms with Gasteiger partial charge in [0.25, 0.3) is 0 Å². The molecule has 0 spiro atoms. The second kappa shape index (κ2) is 6.82. The Labute approximate surface area is 127 Å². The first-order valence-electron chi connectivity index (χ1n) is 6.32. The summed E-state index contributed by atoms with van der Waals surface area (Å²) in [6.45, 7) is 0.842. The summed E-state index contributed by atoms with van der Waals surface area (Å²) in [6.07, 6.45) is 3.25. The summed E-state index contributed by atoms with van der Waals surface area (Å²) in [6, 6.07) is 3.81. The molecule has 3 nitrogen and oxygen atoms in total. The highest BCUT2D eigenvalue weighted by atomic mass is 79.9. The van der Waals surface area contributed by atoms with Gasteiger partial charge >= 0.3 is 0 Å². The molecule has 19 heavy (non-hydrogen) atoms. The third-order valence-electron chi connectivity index (χ3n) is 3.34. The van der Waals surface area contributed by atoms with Gasteiger partial charge in [-0.15, -0.1) is 11.6 Å². The summed E-state index contributed by atoms with van der Waals surface area (Å²) in [7, 11) is 3.28. The van der Waals surface area contributed by atoms with Crippen molar-refractivity contribution in [2.45, 2.75) is 30.7 Å². The molecule has 2 unspecified atom stereocenters. The van der Waals surface area contributed by atoms with Crippen LogP contribution in [0.25, 0.3) is 0 Å². The number of alkyl halides is 1. The molecule has 1 fully saturated rings. The summed E-state index contributed by atoms with van der Waals surface area (Å²) in [5.74, 6) is 1.53. The molecule has 1 saturated heterocycles. The monoisotopic (exact) mass is 348 g/mol. The van der Waals surface area contributed by atoms with Gasteiger partial charge in [0.15, 0.2) is 0 Å². The molecule has 5 heteroatoms. The first-order chi connectivity index (χ1) is 9.15. The van der Waals surface area contributed by atoms with Crippen LogP contribution in [-0.4, -0.2) is 26.9 Å². The van der Waals surface area contributed by atoms with E-state index in [0.29, 0.717) is 0 Å². The van der Waals surface area contributed by atoms with Crippen molar-refractivity contribution < 1.29 is 14.2 Å². The fourth-order valence-electron chi connectivity index (χ4n) is 2.32. The van der Waals surface area contributed by atoms with Crippen LogP contribution in [0.15, 0.2) is 16.6 Å². The minimum atomic E-state index is -0.139. The molecule has 0 aromatic heterocycles. The Morgan fingerprint density at radius 3 is 2.68 bits per heavy atom. The van der Waals surface area contributed by atoms with Crippen molar-refractivity contribution in [1.82, 2.24) is 0 Å². The van der Waals surface area contributed by atoms with Gasteiger partial charge in [0.1, 0.15) is 11.5 Å². The van der Waals surface area contributed by atoms with Gasteiger partial charge in [-0.25, -0.2) is 0 Å². The van der Waals surface area contributed by atoms with E-state index in [0.717, 1.165) is 47.4 Å². The Kier molecular flexibility index (Phi) is 5.37. The zero-order valence-electron chi connectivity index (χ0n) is 11.1. The van der Waals surface area contributed by atoms with Gasteiger partial charge < -0.3 is 14.2 Å². The summed E-state index contributed by atoms with van der Waals surface area (Å²) in [5, 5.41) is -0.139. The molecule has 0 bridgehead atoms. The molecule has 0 aliphatic carbocycles. The average molecular weight is 350 g/mol. The van der Waals surface area contributed by atoms with E-state index in [2.05, 4.69) is 15.9 Å². The number of halogens is 2. The molecule has 1 aromatic rings. The molecular formula is C14H18BrClO3. The zero-order valence-corrected chi connectivity index (χ0v) is 13.5. The van der Waals surface area contributed by atoms with Crippen molar-refractivity contribution >= 4 is 27.5 Å². The Balaban J connectivity index is 2.20. The van der Waals surface area contributed by atoms with Crippen molar-refractivity contribution in [3.05, 3.63) is 22.2 Å². The van der Waals surface area contributed by atoms with Crippen LogP contribution >= 0.6 is 27.5 Å². The van der Waals surface area contributed by atoms with Crippen LogP contribution in [0.2, 0.25) is 0 Å². The molecule has 1 aliphatic rings. The molecule has 2 rings (SSSR count). The number of methoxy groups -OCH3 is 2. The standard InChI is InChI=1S/C14H18BrClO3/c1-17-13-8-11(15)14(18-2)7-10(13)12(16)6-9-4-3-5-19-9/h7-9,12H,3-6H2,1-2H3. The lowest BCUT2D eigenvalue weighted by Crippen LogP contribution is -2.09. The van der Waals surface area contributed by atoms with Crippen molar-refractivity contribution in [2.75, 3.05) is 20.8 Å². The SMILES string of the molecule is COc1cc(C(Cl)CC2CCCO2)c(OC)cc1Br. The van der Waals surface area contributed by atoms with Crippen LogP contribution in [0, 0.1) is 0 Å². The van der Waals surface area contributed by atoms with Gasteiger partial charge in [-0.2, -0.15) is 0 Å². The highest BCUT2D eigenvalue weighted by molar-refractivity contribution is 9.10. The maximum Gasteiger partial charge on any atom is 0.133 e. The van der Waals surface area contributed by atoms with E-state index in [4.69, 9.17) is 25.8 Å². The zero-order chi connectivity index (χ0) is 13.8. The normalized spacial score (nSPS) is 20.3. The molecule has 106 valence electrons. The maximum atomic E-state index is 6.52. The number of hydrogen-bond acceptors (Lipinski definition) is 3. The van der Waals surface area contributed by atoms with Crippen molar-refractivity contribution in [2.24, 2.45) is 0 Å². The average Bonchev–Trinajstić information content (AvgIpc) is 2.91. The number of benzene rings is 1. The van der Waals surface area contributed by atoms with E-state index in [1.54, 1.807) is 14.2 Å². The van der Waals surface area contributed by atoms with Gasteiger partial charge in [-0.05, 0) is 47.3 Å². The van der Waals surface area contributed by atoms with Crippen LogP contribution in [0.5, 0.6) is 11.5 Å². The first-order valence-corrected chi connectivity index (χ1v) is 7.55. The van der Waals surface area contributed by atoms with E-state index in [1.807, 2.05) is 12.1 Å². The van der Waals surface area contributed by atoms with Crippen LogP contribution in [-0.2, 0) is 4.74 Å². The minimum Gasteiger partial charge on any atom is -0.496 e. The molecule has 0 saturated carbocycles. The van der Waals surface area contributed by atoms with Crippen LogP contribution in [0.4, 0.5) is 0 Å². The summed E-state index contributed by atoms with van der Waals surface area (Å²) >= 11 is 9.97. The first kappa shape index (κ1) is 14.9. The van der Waals surface area contributed by atoms with Gasteiger partial charge in [0.05, 0.1) is 30.2 Å². The largest absolute Gasteiger partial charge is 0.496 e. The minimum absolute atomic E-state index is 0.139. The van der Waals surface area contributed by atoms with E-state index in [-0.39, 0.29) is 11.5 Å². The van der Waals surface area contributed by atoms with Crippen molar-refractivity contribution in [3.8, 4) is 11.5 Å². The fourth-order valence-corrected chi connectivity index (χ4v) is 3.17. The molecule has 1 aliphatic heterocycles. The Hall–Kier alpha value is -0.450. The highest BCUT2D eigenvalue weighted by Gasteiger charge is 2.23. The molecular weight excluding hydrogens is 332 g/mol. The van der Waals surface area contributed by atoms with Crippen LogP contribution in [0.3, 0.4) is 0 Å². The molecule has 2 atom stereocenters. The summed E-state index contributed by atoms with van der Waals surface area (Å²) in [4.78, 5) is 0. The van der Waals surface area contributed by atoms with Crippen molar-refractivity contribution in [1.29, 1.82) is 0 Å². The molecule has 1 aromatic carbocycles. The number of ether oxygens (including phenoxy) is 3. The highest BCUT2D eigenvalue weighted by Crippen LogP contribution is 2.40. The van der Waals surface area contributed by atoms with E-state index in [9.17, 15) is 0 Å². The lowest BCUT2D eigenvalue weighted by molar-refractivity contribution is 0.103. The van der Waals surface area contributed by atoms with Gasteiger partial charge in [-0.1, -0.05) is 0 Å². The van der Waals surface area contributed by atoms with E-state index >= 15 is 0 Å². The Bertz CT molecular complexity index is 433. The second-order valence-electron chi connectivity index (χ2n) is 4.57. The quantitative estimate of drug-likeness (QED) is 0.741. The molecule has 1 heterocycles. The van der Waals surface area contributed by atoms with Gasteiger partial charge in [0, 0.05) is 12.2 Å². The smallest absolute Gasteiger partial charge is 0.133 e. The van der Waals surface area contributed by atoms with Crippen LogP contribution < -0.4 is 9.47 Å². The van der Waals surface area contributed by atoms with E-state index < -0.39 is 0 Å². The lowest BCUT2D eigenvalue weighted by atomic mass is 10.0. The second-order valence-corrected chi connectivity index (χ2v) is 5.95. The van der Waals surface area contributed by atoms with E-state index in [1.165, 1.54) is 0 Å². The predicted molar refractivity (Wildman–Crippen MR) is 79.4 cm³/mol. The molecule has 0 N–H and O–H groups in total. The third-order valence-corrected chi connectivity index (χ3v) is 4.37. The van der Waals surface area contributed by atoms with Crippen LogP contribution in [0.1, 0.15) is 30.2 Å². The summed E-state index contributed by atoms with van der Waals surface area (Å²) < 4.78 is 17.2. The lowest BCUT2D eigenvalue weighted by Gasteiger charge is -2.18. The van der Waals surface area contributed by atoms with Gasteiger partial charge in [-0.3, -0.25) is 0 Å². The number of hydrogen-bond donors (Lipinski definition) is 0. The maximum absolute atomic E-state index is 6.52. The number of rotatable bonds is 5. The fraction of sp³-hybridized carbons (Fsp3) is 0.571. The third kappa shape index (κ3) is 3.56. The van der Waals surface area contributed by atoms with Gasteiger partial charge in [0.2, 0.25) is 0 Å². The van der Waals surface area contributed by atoms with Crippen molar-refractivity contribution in [3.63, 3.8) is 0 Å². The summed E-state index contributed by atoms with van der Waals surface area (Å²) in [5.41, 5.74) is 0.944.